The average Bonchev–Trinajstić information content (AvgIpc) is 2.89. The van der Waals surface area contributed by atoms with Crippen molar-refractivity contribution < 1.29 is 23.1 Å². The predicted molar refractivity (Wildman–Crippen MR) is 68.4 cm³/mol. The molecule has 1 heterocycles. The van der Waals surface area contributed by atoms with E-state index < -0.39 is 17.0 Å². The lowest BCUT2D eigenvalue weighted by molar-refractivity contribution is -0.377. The molecule has 5 fully saturated rings. The summed E-state index contributed by atoms with van der Waals surface area (Å²) < 4.78 is 38.6. The van der Waals surface area contributed by atoms with Gasteiger partial charge in [-0.15, -0.1) is 0 Å². The molecule has 118 valence electrons. The number of fused-ring (bicyclic) bond motifs is 1. The molecule has 6 heteroatoms. The van der Waals surface area contributed by atoms with E-state index in [1.165, 1.54) is 0 Å². The molecule has 0 aromatic heterocycles. The maximum absolute atomic E-state index is 12.9. The number of hydrogen-bond acceptors (Lipinski definition) is 3. The third-order valence-electron chi connectivity index (χ3n) is 6.47. The van der Waals surface area contributed by atoms with E-state index >= 15 is 0 Å². The van der Waals surface area contributed by atoms with Crippen LogP contribution in [0.15, 0.2) is 0 Å². The van der Waals surface area contributed by atoms with Crippen molar-refractivity contribution >= 4 is 5.78 Å². The highest BCUT2D eigenvalue weighted by Gasteiger charge is 2.79. The highest BCUT2D eigenvalue weighted by molar-refractivity contribution is 5.85. The molecule has 0 amide bonds. The van der Waals surface area contributed by atoms with Crippen molar-refractivity contribution in [2.24, 2.45) is 22.7 Å². The fraction of sp³-hybridized carbons (Fsp3) is 0.933. The first kappa shape index (κ1) is 14.0. The van der Waals surface area contributed by atoms with Crippen LogP contribution in [0.5, 0.6) is 0 Å². The minimum absolute atomic E-state index is 0.0760. The number of carbonyl (C=O) groups excluding carboxylic acids is 1. The molecular weight excluding hydrogens is 283 g/mol. The lowest BCUT2D eigenvalue weighted by Crippen LogP contribution is -2.71. The Kier molecular flexibility index (Phi) is 2.68. The van der Waals surface area contributed by atoms with Crippen molar-refractivity contribution in [1.82, 2.24) is 5.32 Å². The molecule has 4 aliphatic carbocycles. The van der Waals surface area contributed by atoms with Gasteiger partial charge in [-0.1, -0.05) is 0 Å². The maximum atomic E-state index is 12.9. The number of aliphatic hydroxyl groups excluding tert-OH is 1. The summed E-state index contributed by atoms with van der Waals surface area (Å²) in [5.74, 6) is 0.398. The Labute approximate surface area is 121 Å². The molecule has 2 bridgehead atoms. The first-order valence-corrected chi connectivity index (χ1v) is 7.75. The predicted octanol–water partition coefficient (Wildman–Crippen LogP) is 2.04. The van der Waals surface area contributed by atoms with Gasteiger partial charge in [0.25, 0.3) is 0 Å². The zero-order chi connectivity index (χ0) is 15.0. The first-order valence-electron chi connectivity index (χ1n) is 7.75. The van der Waals surface area contributed by atoms with E-state index in [2.05, 4.69) is 5.32 Å². The minimum Gasteiger partial charge on any atom is -0.396 e. The van der Waals surface area contributed by atoms with Crippen molar-refractivity contribution in [2.75, 3.05) is 6.61 Å². The Morgan fingerprint density at radius 2 is 1.95 bits per heavy atom. The van der Waals surface area contributed by atoms with Crippen molar-refractivity contribution in [1.29, 1.82) is 0 Å². The molecule has 21 heavy (non-hydrogen) atoms. The molecule has 0 radical (unpaired) electrons. The molecule has 3 nitrogen and oxygen atoms in total. The molecule has 5 rings (SSSR count). The number of rotatable bonds is 5. The monoisotopic (exact) mass is 303 g/mol. The van der Waals surface area contributed by atoms with Gasteiger partial charge in [-0.2, -0.15) is 13.2 Å². The van der Waals surface area contributed by atoms with Gasteiger partial charge in [0.05, 0.1) is 11.5 Å². The normalized spacial score (nSPS) is 48.1. The summed E-state index contributed by atoms with van der Waals surface area (Å²) in [6, 6.07) is 0.349. The highest BCUT2D eigenvalue weighted by Crippen LogP contribution is 2.81. The third-order valence-corrected chi connectivity index (χ3v) is 6.47. The van der Waals surface area contributed by atoms with Crippen molar-refractivity contribution in [2.45, 2.75) is 56.8 Å². The van der Waals surface area contributed by atoms with Gasteiger partial charge in [0, 0.05) is 19.1 Å². The SMILES string of the molecule is O=C(C[C@H](CO)C12CC(C(F)(F)F)(C1)C2)[C@@H]1C[C@H]2C[C@H]2N1. The zero-order valence-corrected chi connectivity index (χ0v) is 11.7. The number of nitrogens with one attached hydrogen (secondary N) is 1. The second kappa shape index (κ2) is 4.02. The molecule has 0 aromatic rings. The average molecular weight is 303 g/mol. The number of aliphatic hydroxyl groups is 1. The number of Topliss-reactive ketones (excluding diaryl/α,β-unsaturated/α-hetero) is 1. The summed E-state index contributed by atoms with van der Waals surface area (Å²) in [5, 5.41) is 12.8. The molecule has 0 unspecified atom stereocenters. The van der Waals surface area contributed by atoms with Crippen LogP contribution < -0.4 is 5.32 Å². The Hall–Kier alpha value is -0.620. The number of piperidine rings is 1. The van der Waals surface area contributed by atoms with Crippen LogP contribution in [0.1, 0.15) is 38.5 Å². The highest BCUT2D eigenvalue weighted by atomic mass is 19.4. The van der Waals surface area contributed by atoms with E-state index in [-0.39, 0.29) is 50.0 Å². The zero-order valence-electron chi connectivity index (χ0n) is 11.7. The standard InChI is InChI=1S/C15H20F3NO2/c16-15(17,18)14-5-13(6-14,7-14)9(4-20)3-12(21)11-2-8-1-10(8)19-11/h8-11,19-20H,1-7H2/t8-,9-,10-,11+,13?,14?/m1/s1. The summed E-state index contributed by atoms with van der Waals surface area (Å²) in [7, 11) is 0. The van der Waals surface area contributed by atoms with Crippen LogP contribution in [0, 0.1) is 22.7 Å². The van der Waals surface area contributed by atoms with Gasteiger partial charge < -0.3 is 10.4 Å². The van der Waals surface area contributed by atoms with Crippen molar-refractivity contribution in [3.63, 3.8) is 0 Å². The van der Waals surface area contributed by atoms with Gasteiger partial charge in [0.2, 0.25) is 0 Å². The van der Waals surface area contributed by atoms with E-state index in [1.54, 1.807) is 0 Å². The second-order valence-corrected chi connectivity index (χ2v) is 7.78. The van der Waals surface area contributed by atoms with Crippen LogP contribution in [0.2, 0.25) is 0 Å². The Balaban J connectivity index is 1.36. The number of halogens is 3. The summed E-state index contributed by atoms with van der Waals surface area (Å²) in [4.78, 5) is 12.3. The Morgan fingerprint density at radius 3 is 2.43 bits per heavy atom. The van der Waals surface area contributed by atoms with Crippen LogP contribution in [0.3, 0.4) is 0 Å². The lowest BCUT2D eigenvalue weighted by Gasteiger charge is -2.73. The van der Waals surface area contributed by atoms with Crippen LogP contribution >= 0.6 is 0 Å². The van der Waals surface area contributed by atoms with Crippen LogP contribution in [0.4, 0.5) is 13.2 Å². The number of hydrogen-bond donors (Lipinski definition) is 2. The largest absolute Gasteiger partial charge is 0.396 e. The van der Waals surface area contributed by atoms with Gasteiger partial charge >= 0.3 is 6.18 Å². The molecule has 4 atom stereocenters. The molecule has 2 N–H and O–H groups in total. The lowest BCUT2D eigenvalue weighted by atomic mass is 9.31. The van der Waals surface area contributed by atoms with E-state index in [9.17, 15) is 23.1 Å². The van der Waals surface area contributed by atoms with E-state index in [4.69, 9.17) is 0 Å². The van der Waals surface area contributed by atoms with E-state index in [0.717, 1.165) is 12.8 Å². The second-order valence-electron chi connectivity index (χ2n) is 7.78. The van der Waals surface area contributed by atoms with Crippen molar-refractivity contribution in [3.05, 3.63) is 0 Å². The molecule has 4 saturated carbocycles. The number of carbonyl (C=O) groups is 1. The van der Waals surface area contributed by atoms with E-state index in [1.807, 2.05) is 0 Å². The fourth-order valence-corrected chi connectivity index (χ4v) is 5.03. The third kappa shape index (κ3) is 1.84. The summed E-state index contributed by atoms with van der Waals surface area (Å²) in [5.41, 5.74) is -1.93. The van der Waals surface area contributed by atoms with Gasteiger partial charge in [0.15, 0.2) is 0 Å². The maximum Gasteiger partial charge on any atom is 0.394 e. The molecule has 1 aliphatic heterocycles. The van der Waals surface area contributed by atoms with Crippen LogP contribution in [0.25, 0.3) is 0 Å². The number of ketones is 1. The van der Waals surface area contributed by atoms with E-state index in [0.29, 0.717) is 12.0 Å². The van der Waals surface area contributed by atoms with Crippen LogP contribution in [-0.4, -0.2) is 35.8 Å². The molecule has 5 aliphatic rings. The fourth-order valence-electron chi connectivity index (χ4n) is 5.03. The van der Waals surface area contributed by atoms with Gasteiger partial charge in [0.1, 0.15) is 5.78 Å². The van der Waals surface area contributed by atoms with Gasteiger partial charge in [-0.3, -0.25) is 4.79 Å². The summed E-state index contributed by atoms with van der Waals surface area (Å²) in [6.45, 7) is -0.181. The minimum atomic E-state index is -4.13. The first-order chi connectivity index (χ1) is 9.79. The smallest absolute Gasteiger partial charge is 0.394 e. The van der Waals surface area contributed by atoms with Gasteiger partial charge in [-0.05, 0) is 49.4 Å². The van der Waals surface area contributed by atoms with Gasteiger partial charge in [-0.25, -0.2) is 0 Å². The summed E-state index contributed by atoms with van der Waals surface area (Å²) >= 11 is 0. The van der Waals surface area contributed by atoms with Crippen LogP contribution in [-0.2, 0) is 4.79 Å². The Bertz CT molecular complexity index is 460. The van der Waals surface area contributed by atoms with Crippen molar-refractivity contribution in [3.8, 4) is 0 Å². The molecule has 0 spiro atoms. The summed E-state index contributed by atoms with van der Waals surface area (Å²) in [6.07, 6.45) is -1.59. The molecule has 0 aromatic carbocycles. The number of alkyl halides is 3. The molecular formula is C15H20F3NO2. The Morgan fingerprint density at radius 1 is 1.29 bits per heavy atom. The molecule has 1 saturated heterocycles. The topological polar surface area (TPSA) is 49.3 Å². The quantitative estimate of drug-likeness (QED) is 0.817.